The molecule has 0 bridgehead atoms. The minimum Gasteiger partial charge on any atom is -0.128 e. The number of unbranched alkanes of at least 4 members (excludes halogenated alkanes) is 14. The van der Waals surface area contributed by atoms with Gasteiger partial charge in [0.1, 0.15) is 8.07 Å². The first kappa shape index (κ1) is 31.4. The SMILES string of the molecule is CCCCCCCCCCc1cc(C#C[Si](C)(C)C)c(SC)cc1CCCCCCCCCC. The van der Waals surface area contributed by atoms with E-state index in [1.165, 1.54) is 126 Å². The molecule has 1 aromatic rings. The second-order valence-electron chi connectivity index (χ2n) is 11.3. The predicted octanol–water partition coefficient (Wildman–Crippen LogP) is 11.0. The van der Waals surface area contributed by atoms with Crippen LogP contribution in [-0.2, 0) is 12.8 Å². The van der Waals surface area contributed by atoms with Gasteiger partial charge in [-0.2, -0.15) is 0 Å². The van der Waals surface area contributed by atoms with Crippen molar-refractivity contribution in [3.63, 3.8) is 0 Å². The highest BCUT2D eigenvalue weighted by atomic mass is 32.2. The quantitative estimate of drug-likeness (QED) is 0.0787. The average Bonchev–Trinajstić information content (AvgIpc) is 2.81. The second-order valence-corrected chi connectivity index (χ2v) is 16.9. The summed E-state index contributed by atoms with van der Waals surface area (Å²) in [5.74, 6) is 3.59. The molecule has 0 saturated heterocycles. The molecular weight excluding hydrogens is 445 g/mol. The summed E-state index contributed by atoms with van der Waals surface area (Å²) in [7, 11) is -1.37. The molecule has 0 heterocycles. The minimum atomic E-state index is -1.37. The van der Waals surface area contributed by atoms with E-state index in [2.05, 4.69) is 63.3 Å². The third kappa shape index (κ3) is 15.4. The summed E-state index contributed by atoms with van der Waals surface area (Å²) in [5, 5.41) is 0. The molecule has 0 unspecified atom stereocenters. The van der Waals surface area contributed by atoms with Crippen molar-refractivity contribution in [1.82, 2.24) is 0 Å². The fourth-order valence-corrected chi connectivity index (χ4v) is 5.65. The van der Waals surface area contributed by atoms with Gasteiger partial charge in [0.25, 0.3) is 0 Å². The third-order valence-corrected chi connectivity index (χ3v) is 8.35. The van der Waals surface area contributed by atoms with E-state index in [-0.39, 0.29) is 0 Å². The van der Waals surface area contributed by atoms with E-state index in [1.807, 2.05) is 11.8 Å². The van der Waals surface area contributed by atoms with E-state index in [1.54, 1.807) is 11.1 Å². The van der Waals surface area contributed by atoms with E-state index in [0.29, 0.717) is 0 Å². The predicted molar refractivity (Wildman–Crippen MR) is 161 cm³/mol. The van der Waals surface area contributed by atoms with Gasteiger partial charge in [0.2, 0.25) is 0 Å². The van der Waals surface area contributed by atoms with Gasteiger partial charge in [-0.15, -0.1) is 17.3 Å². The molecule has 0 aliphatic heterocycles. The monoisotopic (exact) mass is 500 g/mol. The van der Waals surface area contributed by atoms with Crippen molar-refractivity contribution in [3.05, 3.63) is 28.8 Å². The highest BCUT2D eigenvalue weighted by Crippen LogP contribution is 2.27. The first-order valence-corrected chi connectivity index (χ1v) is 19.4. The summed E-state index contributed by atoms with van der Waals surface area (Å²) in [6.07, 6.45) is 27.0. The Labute approximate surface area is 219 Å². The van der Waals surface area contributed by atoms with E-state index >= 15 is 0 Å². The van der Waals surface area contributed by atoms with Crippen LogP contribution in [-0.4, -0.2) is 14.3 Å². The first-order valence-electron chi connectivity index (χ1n) is 14.6. The Balaban J connectivity index is 2.73. The third-order valence-electron chi connectivity index (χ3n) is 6.69. The van der Waals surface area contributed by atoms with Crippen LogP contribution in [0.2, 0.25) is 19.6 Å². The smallest absolute Gasteiger partial charge is 0.128 e. The van der Waals surface area contributed by atoms with Crippen molar-refractivity contribution < 1.29 is 0 Å². The highest BCUT2D eigenvalue weighted by Gasteiger charge is 2.11. The number of hydrogen-bond acceptors (Lipinski definition) is 1. The fourth-order valence-electron chi connectivity index (χ4n) is 4.55. The molecule has 0 fully saturated rings. The van der Waals surface area contributed by atoms with E-state index in [4.69, 9.17) is 0 Å². The normalized spacial score (nSPS) is 11.5. The van der Waals surface area contributed by atoms with Crippen LogP contribution >= 0.6 is 11.8 Å². The van der Waals surface area contributed by atoms with Crippen LogP contribution < -0.4 is 0 Å². The summed E-state index contributed by atoms with van der Waals surface area (Å²) >= 11 is 1.88. The molecule has 0 radical (unpaired) electrons. The summed E-state index contributed by atoms with van der Waals surface area (Å²) in [6, 6.07) is 4.97. The molecule has 2 heteroatoms. The molecule has 34 heavy (non-hydrogen) atoms. The van der Waals surface area contributed by atoms with Crippen LogP contribution in [0.15, 0.2) is 17.0 Å². The molecular formula is C32H56SSi. The molecule has 1 aromatic carbocycles. The lowest BCUT2D eigenvalue weighted by Crippen LogP contribution is -2.16. The molecule has 0 amide bonds. The van der Waals surface area contributed by atoms with Crippen molar-refractivity contribution in [2.75, 3.05) is 6.26 Å². The van der Waals surface area contributed by atoms with Gasteiger partial charge < -0.3 is 0 Å². The van der Waals surface area contributed by atoms with Gasteiger partial charge in [0, 0.05) is 10.5 Å². The van der Waals surface area contributed by atoms with Gasteiger partial charge in [0.05, 0.1) is 0 Å². The number of rotatable bonds is 19. The Bertz CT molecular complexity index is 704. The maximum atomic E-state index is 3.62. The largest absolute Gasteiger partial charge is 0.129 e. The Morgan fingerprint density at radius 3 is 1.44 bits per heavy atom. The number of aryl methyl sites for hydroxylation is 2. The standard InChI is InChI=1S/C32H56SSi/c1-7-9-11-13-15-17-19-21-23-29-27-31(25-26-34(4,5)6)32(33-3)28-30(29)24-22-20-18-16-14-12-10-8-2/h27-28H,7-24H2,1-6H3. The molecule has 0 aliphatic rings. The zero-order chi connectivity index (χ0) is 25.1. The molecule has 194 valence electrons. The average molecular weight is 501 g/mol. The zero-order valence-electron chi connectivity index (χ0n) is 23.8. The summed E-state index contributed by atoms with van der Waals surface area (Å²) in [4.78, 5) is 1.39. The van der Waals surface area contributed by atoms with Crippen LogP contribution in [0.1, 0.15) is 133 Å². The van der Waals surface area contributed by atoms with Crippen LogP contribution in [0.25, 0.3) is 0 Å². The van der Waals surface area contributed by atoms with E-state index in [0.717, 1.165) is 0 Å². The molecule has 0 aliphatic carbocycles. The van der Waals surface area contributed by atoms with Gasteiger partial charge in [0.15, 0.2) is 0 Å². The molecule has 0 spiro atoms. The zero-order valence-corrected chi connectivity index (χ0v) is 25.6. The Morgan fingerprint density at radius 2 is 1.03 bits per heavy atom. The molecule has 0 aromatic heterocycles. The lowest BCUT2D eigenvalue weighted by Gasteiger charge is -2.14. The second kappa shape index (κ2) is 19.5. The fraction of sp³-hybridized carbons (Fsp3) is 0.750. The minimum absolute atomic E-state index is 1.23. The van der Waals surface area contributed by atoms with Crippen molar-refractivity contribution in [2.45, 2.75) is 154 Å². The van der Waals surface area contributed by atoms with Crippen molar-refractivity contribution in [2.24, 2.45) is 0 Å². The number of benzene rings is 1. The molecule has 0 N–H and O–H groups in total. The maximum absolute atomic E-state index is 3.62. The van der Waals surface area contributed by atoms with Gasteiger partial charge in [-0.25, -0.2) is 0 Å². The number of hydrogen-bond donors (Lipinski definition) is 0. The van der Waals surface area contributed by atoms with Crippen molar-refractivity contribution in [1.29, 1.82) is 0 Å². The topological polar surface area (TPSA) is 0 Å². The lowest BCUT2D eigenvalue weighted by atomic mass is 9.94. The molecule has 0 nitrogen and oxygen atoms in total. The lowest BCUT2D eigenvalue weighted by molar-refractivity contribution is 0.570. The maximum Gasteiger partial charge on any atom is 0.129 e. The first-order chi connectivity index (χ1) is 16.4. The van der Waals surface area contributed by atoms with Crippen LogP contribution in [0, 0.1) is 11.5 Å². The molecule has 0 saturated carbocycles. The van der Waals surface area contributed by atoms with Crippen LogP contribution in [0.5, 0.6) is 0 Å². The van der Waals surface area contributed by atoms with Crippen molar-refractivity contribution >= 4 is 19.8 Å². The summed E-state index contributed by atoms with van der Waals surface area (Å²) < 4.78 is 0. The van der Waals surface area contributed by atoms with Gasteiger partial charge in [-0.05, 0) is 55.2 Å². The van der Waals surface area contributed by atoms with E-state index in [9.17, 15) is 0 Å². The van der Waals surface area contributed by atoms with Crippen LogP contribution in [0.3, 0.4) is 0 Å². The Hall–Kier alpha value is -0.653. The Morgan fingerprint density at radius 1 is 0.618 bits per heavy atom. The summed E-state index contributed by atoms with van der Waals surface area (Å²) in [6.45, 7) is 11.6. The highest BCUT2D eigenvalue weighted by molar-refractivity contribution is 7.98. The molecule has 0 atom stereocenters. The Kier molecular flexibility index (Phi) is 18.0. The molecule has 1 rings (SSSR count). The van der Waals surface area contributed by atoms with Gasteiger partial charge in [-0.3, -0.25) is 0 Å². The van der Waals surface area contributed by atoms with Crippen molar-refractivity contribution in [3.8, 4) is 11.5 Å². The van der Waals surface area contributed by atoms with E-state index < -0.39 is 8.07 Å². The number of thioether (sulfide) groups is 1. The van der Waals surface area contributed by atoms with Crippen LogP contribution in [0.4, 0.5) is 0 Å². The van der Waals surface area contributed by atoms with Gasteiger partial charge in [-0.1, -0.05) is 129 Å². The summed E-state index contributed by atoms with van der Waals surface area (Å²) in [5.41, 5.74) is 8.10. The van der Waals surface area contributed by atoms with Gasteiger partial charge >= 0.3 is 0 Å².